The van der Waals surface area contributed by atoms with Crippen LogP contribution in [-0.4, -0.2) is 28.9 Å². The van der Waals surface area contributed by atoms with E-state index in [2.05, 4.69) is 15.8 Å². The largest absolute Gasteiger partial charge is 0.508 e. The highest BCUT2D eigenvalue weighted by Gasteiger charge is 2.01. The van der Waals surface area contributed by atoms with Gasteiger partial charge in [-0.3, -0.25) is 4.79 Å². The molecular formula is C16H17N3O3. The van der Waals surface area contributed by atoms with Crippen LogP contribution in [0.5, 0.6) is 11.5 Å². The maximum atomic E-state index is 11.6. The van der Waals surface area contributed by atoms with E-state index in [1.807, 2.05) is 31.2 Å². The second-order valence-corrected chi connectivity index (χ2v) is 4.76. The number of nitrogens with one attached hydrogen (secondary N) is 2. The number of phenolic OH excluding ortho intramolecular Hbond substituents is 2. The van der Waals surface area contributed by atoms with Gasteiger partial charge in [0.2, 0.25) is 0 Å². The van der Waals surface area contributed by atoms with Gasteiger partial charge in [0.05, 0.1) is 12.8 Å². The van der Waals surface area contributed by atoms with Gasteiger partial charge in [0.15, 0.2) is 0 Å². The highest BCUT2D eigenvalue weighted by atomic mass is 16.3. The predicted octanol–water partition coefficient (Wildman–Crippen LogP) is 1.97. The number of hydrogen-bond acceptors (Lipinski definition) is 5. The summed E-state index contributed by atoms with van der Waals surface area (Å²) in [5.41, 5.74) is 4.71. The first-order valence-electron chi connectivity index (χ1n) is 6.69. The Hall–Kier alpha value is -3.02. The molecule has 4 N–H and O–H groups in total. The smallest absolute Gasteiger partial charge is 0.259 e. The van der Waals surface area contributed by atoms with Crippen LogP contribution in [-0.2, 0) is 4.79 Å². The lowest BCUT2D eigenvalue weighted by molar-refractivity contribution is -0.119. The van der Waals surface area contributed by atoms with E-state index in [1.165, 1.54) is 24.4 Å². The molecule has 0 atom stereocenters. The Morgan fingerprint density at radius 1 is 1.23 bits per heavy atom. The topological polar surface area (TPSA) is 94.0 Å². The molecular weight excluding hydrogens is 282 g/mol. The lowest BCUT2D eigenvalue weighted by Gasteiger charge is -2.05. The van der Waals surface area contributed by atoms with Gasteiger partial charge < -0.3 is 15.5 Å². The first-order chi connectivity index (χ1) is 10.5. The van der Waals surface area contributed by atoms with Crippen LogP contribution < -0.4 is 10.7 Å². The number of phenols is 2. The Bertz CT molecular complexity index is 699. The molecule has 0 saturated carbocycles. The van der Waals surface area contributed by atoms with E-state index in [9.17, 15) is 9.90 Å². The first kappa shape index (κ1) is 15.4. The molecule has 22 heavy (non-hydrogen) atoms. The molecule has 0 saturated heterocycles. The molecule has 0 fully saturated rings. The summed E-state index contributed by atoms with van der Waals surface area (Å²) < 4.78 is 0. The molecule has 0 bridgehead atoms. The first-order valence-corrected chi connectivity index (χ1v) is 6.69. The fourth-order valence-corrected chi connectivity index (χ4v) is 1.79. The van der Waals surface area contributed by atoms with Crippen molar-refractivity contribution in [3.05, 3.63) is 53.6 Å². The molecule has 0 aliphatic rings. The fourth-order valence-electron chi connectivity index (χ4n) is 1.79. The Balaban J connectivity index is 1.83. The second kappa shape index (κ2) is 7.12. The molecule has 6 nitrogen and oxygen atoms in total. The fraction of sp³-hybridized carbons (Fsp3) is 0.125. The van der Waals surface area contributed by atoms with Crippen LogP contribution in [0.3, 0.4) is 0 Å². The quantitative estimate of drug-likeness (QED) is 0.501. The highest BCUT2D eigenvalue weighted by molar-refractivity contribution is 5.86. The zero-order valence-electron chi connectivity index (χ0n) is 12.1. The van der Waals surface area contributed by atoms with Crippen molar-refractivity contribution in [2.45, 2.75) is 6.92 Å². The van der Waals surface area contributed by atoms with Crippen LogP contribution in [0.15, 0.2) is 47.6 Å². The van der Waals surface area contributed by atoms with Crippen LogP contribution in [0.4, 0.5) is 5.69 Å². The van der Waals surface area contributed by atoms with E-state index in [4.69, 9.17) is 5.11 Å². The molecule has 0 radical (unpaired) electrons. The van der Waals surface area contributed by atoms with Crippen LogP contribution in [0.2, 0.25) is 0 Å². The molecule has 114 valence electrons. The SMILES string of the molecule is Cc1cccc(NCC(=O)NN=Cc2ccc(O)cc2O)c1. The molecule has 0 aromatic heterocycles. The number of hydrazone groups is 1. The molecule has 0 heterocycles. The van der Waals surface area contributed by atoms with E-state index in [0.29, 0.717) is 5.56 Å². The van der Waals surface area contributed by atoms with Crippen molar-refractivity contribution in [1.29, 1.82) is 0 Å². The Morgan fingerprint density at radius 2 is 2.05 bits per heavy atom. The summed E-state index contributed by atoms with van der Waals surface area (Å²) in [5, 5.41) is 25.5. The van der Waals surface area contributed by atoms with Gasteiger partial charge in [0, 0.05) is 17.3 Å². The van der Waals surface area contributed by atoms with Gasteiger partial charge in [-0.1, -0.05) is 12.1 Å². The van der Waals surface area contributed by atoms with Gasteiger partial charge in [-0.05, 0) is 36.8 Å². The lowest BCUT2D eigenvalue weighted by atomic mass is 10.2. The minimum atomic E-state index is -0.309. The Kier molecular flexibility index (Phi) is 4.98. The zero-order chi connectivity index (χ0) is 15.9. The number of rotatable bonds is 5. The lowest BCUT2D eigenvalue weighted by Crippen LogP contribution is -2.25. The Morgan fingerprint density at radius 3 is 2.77 bits per heavy atom. The van der Waals surface area contributed by atoms with Crippen molar-refractivity contribution < 1.29 is 15.0 Å². The summed E-state index contributed by atoms with van der Waals surface area (Å²) in [5.74, 6) is -0.465. The van der Waals surface area contributed by atoms with E-state index < -0.39 is 0 Å². The third kappa shape index (κ3) is 4.52. The minimum Gasteiger partial charge on any atom is -0.508 e. The number of carbonyl (C=O) groups is 1. The number of nitrogens with zero attached hydrogens (tertiary/aromatic N) is 1. The molecule has 2 aromatic carbocycles. The van der Waals surface area contributed by atoms with E-state index in [1.54, 1.807) is 0 Å². The molecule has 1 amide bonds. The summed E-state index contributed by atoms with van der Waals surface area (Å²) in [6.45, 7) is 2.06. The monoisotopic (exact) mass is 299 g/mol. The van der Waals surface area contributed by atoms with Gasteiger partial charge in [0.25, 0.3) is 5.91 Å². The van der Waals surface area contributed by atoms with Crippen molar-refractivity contribution in [3.8, 4) is 11.5 Å². The number of anilines is 1. The zero-order valence-corrected chi connectivity index (χ0v) is 12.1. The number of amides is 1. The van der Waals surface area contributed by atoms with Crippen LogP contribution in [0.1, 0.15) is 11.1 Å². The Labute approximate surface area is 128 Å². The molecule has 0 spiro atoms. The molecule has 0 aliphatic carbocycles. The molecule has 6 heteroatoms. The van der Waals surface area contributed by atoms with Gasteiger partial charge >= 0.3 is 0 Å². The molecule has 2 rings (SSSR count). The minimum absolute atomic E-state index is 0.0407. The number of benzene rings is 2. The van der Waals surface area contributed by atoms with E-state index >= 15 is 0 Å². The van der Waals surface area contributed by atoms with Crippen LogP contribution >= 0.6 is 0 Å². The van der Waals surface area contributed by atoms with E-state index in [0.717, 1.165) is 11.3 Å². The summed E-state index contributed by atoms with van der Waals surface area (Å²) in [6, 6.07) is 11.8. The third-order valence-electron chi connectivity index (χ3n) is 2.88. The molecule has 0 aliphatic heterocycles. The van der Waals surface area contributed by atoms with Crippen molar-refractivity contribution in [1.82, 2.24) is 5.43 Å². The van der Waals surface area contributed by atoms with Crippen molar-refractivity contribution in [2.24, 2.45) is 5.10 Å². The average Bonchev–Trinajstić information content (AvgIpc) is 2.47. The van der Waals surface area contributed by atoms with Gasteiger partial charge in [-0.25, -0.2) is 5.43 Å². The predicted molar refractivity (Wildman–Crippen MR) is 85.2 cm³/mol. The second-order valence-electron chi connectivity index (χ2n) is 4.76. The molecule has 0 unspecified atom stereocenters. The number of hydrogen-bond donors (Lipinski definition) is 4. The number of aryl methyl sites for hydroxylation is 1. The van der Waals surface area contributed by atoms with Gasteiger partial charge in [0.1, 0.15) is 11.5 Å². The van der Waals surface area contributed by atoms with Gasteiger partial charge in [-0.15, -0.1) is 0 Å². The van der Waals surface area contributed by atoms with E-state index in [-0.39, 0.29) is 24.0 Å². The molecule has 2 aromatic rings. The normalized spacial score (nSPS) is 10.6. The van der Waals surface area contributed by atoms with Crippen molar-refractivity contribution in [3.63, 3.8) is 0 Å². The standard InChI is InChI=1S/C16H17N3O3/c1-11-3-2-4-13(7-11)17-10-16(22)19-18-9-12-5-6-14(20)8-15(12)21/h2-9,17,20-21H,10H2,1H3,(H,19,22). The van der Waals surface area contributed by atoms with Crippen LogP contribution in [0, 0.1) is 6.92 Å². The maximum absolute atomic E-state index is 11.6. The highest BCUT2D eigenvalue weighted by Crippen LogP contribution is 2.20. The van der Waals surface area contributed by atoms with Crippen molar-refractivity contribution >= 4 is 17.8 Å². The average molecular weight is 299 g/mol. The number of carbonyl (C=O) groups excluding carboxylic acids is 1. The third-order valence-corrected chi connectivity index (χ3v) is 2.88. The summed E-state index contributed by atoms with van der Waals surface area (Å²) in [4.78, 5) is 11.6. The number of aromatic hydroxyl groups is 2. The summed E-state index contributed by atoms with van der Waals surface area (Å²) in [7, 11) is 0. The van der Waals surface area contributed by atoms with Crippen LogP contribution in [0.25, 0.3) is 0 Å². The summed E-state index contributed by atoms with van der Waals surface area (Å²) >= 11 is 0. The van der Waals surface area contributed by atoms with Gasteiger partial charge in [-0.2, -0.15) is 5.10 Å². The summed E-state index contributed by atoms with van der Waals surface area (Å²) in [6.07, 6.45) is 1.30. The maximum Gasteiger partial charge on any atom is 0.259 e. The van der Waals surface area contributed by atoms with Crippen molar-refractivity contribution in [2.75, 3.05) is 11.9 Å².